The van der Waals surface area contributed by atoms with E-state index in [0.717, 1.165) is 107 Å². The summed E-state index contributed by atoms with van der Waals surface area (Å²) in [6, 6.07) is 8.33. The molecule has 62 heavy (non-hydrogen) atoms. The SMILES string of the molecule is CN(CC1CCC(n2cc(NC(=O)c3cnn4ccc(N5C[C@H]6C[C@@H]5CO6)nc34)c(C(F)F)n2)CC1)CC1CCN(Cc2cccc3c(C4CCC(=O)NC4=O)nn(C)c23)CC1. The van der Waals surface area contributed by atoms with Crippen LogP contribution in [0.2, 0.25) is 0 Å². The van der Waals surface area contributed by atoms with Crippen LogP contribution in [0, 0.1) is 11.8 Å². The number of nitrogens with one attached hydrogen (secondary N) is 2. The van der Waals surface area contributed by atoms with E-state index in [4.69, 9.17) is 14.8 Å². The summed E-state index contributed by atoms with van der Waals surface area (Å²) < 4.78 is 39.4. The van der Waals surface area contributed by atoms with Crippen molar-refractivity contribution in [2.24, 2.45) is 18.9 Å². The molecule has 5 fully saturated rings. The zero-order valence-corrected chi connectivity index (χ0v) is 35.3. The van der Waals surface area contributed by atoms with E-state index >= 15 is 0 Å². The number of piperidine rings is 2. The third-order valence-electron chi connectivity index (χ3n) is 14.0. The highest BCUT2D eigenvalue weighted by Crippen LogP contribution is 2.37. The molecule has 3 amide bonds. The number of ether oxygens (including phenoxy) is 1. The Labute approximate surface area is 357 Å². The molecule has 4 aliphatic heterocycles. The Balaban J connectivity index is 0.703. The zero-order chi connectivity index (χ0) is 42.6. The van der Waals surface area contributed by atoms with Gasteiger partial charge in [-0.15, -0.1) is 0 Å². The molecule has 328 valence electrons. The number of aromatic nitrogens is 7. The highest BCUT2D eigenvalue weighted by atomic mass is 19.3. The number of nitrogens with zero attached hydrogens (tertiary/aromatic N) is 10. The van der Waals surface area contributed by atoms with E-state index in [1.165, 1.54) is 16.3 Å². The standard InChI is InChI=1S/C44H54F2N12O4/c1-53(21-27-12-15-55(16-13-27)22-28-4-3-5-32-38(51-54(2)40(28)32)33-10-11-37(59)50-43(33)60)20-26-6-8-29(9-7-26)58-24-35(39(52-58)41(45)46)48-44(61)34-19-47-57-17-14-36(49-42(34)57)56-23-31-18-30(56)25-62-31/h3-5,14,17,19,24,26-27,29-31,33,41H,6-13,15-16,18,20-23,25H2,1-2H3,(H,48,61)(H,50,59,60)/t26?,29?,30-,31-,33?/m1/s1. The highest BCUT2D eigenvalue weighted by Gasteiger charge is 2.40. The molecule has 3 atom stereocenters. The van der Waals surface area contributed by atoms with Crippen molar-refractivity contribution in [2.75, 3.05) is 56.6 Å². The molecule has 10 rings (SSSR count). The number of fused-ring (bicyclic) bond motifs is 4. The van der Waals surface area contributed by atoms with Gasteiger partial charge in [-0.2, -0.15) is 15.3 Å². The highest BCUT2D eigenvalue weighted by molar-refractivity contribution is 6.08. The Morgan fingerprint density at radius 3 is 2.53 bits per heavy atom. The van der Waals surface area contributed by atoms with Crippen molar-refractivity contribution in [1.29, 1.82) is 0 Å². The van der Waals surface area contributed by atoms with Gasteiger partial charge in [-0.25, -0.2) is 18.3 Å². The van der Waals surface area contributed by atoms with E-state index in [1.54, 1.807) is 17.1 Å². The molecule has 1 saturated carbocycles. The van der Waals surface area contributed by atoms with Crippen molar-refractivity contribution in [1.82, 2.24) is 49.3 Å². The fourth-order valence-corrected chi connectivity index (χ4v) is 10.8. The molecule has 0 spiro atoms. The van der Waals surface area contributed by atoms with Crippen molar-refractivity contribution in [3.05, 3.63) is 65.4 Å². The summed E-state index contributed by atoms with van der Waals surface area (Å²) in [7, 11) is 4.14. The Bertz CT molecular complexity index is 2480. The molecule has 16 nitrogen and oxygen atoms in total. The molecule has 5 aliphatic rings. The number of carbonyl (C=O) groups excluding carboxylic acids is 3. The van der Waals surface area contributed by atoms with Crippen molar-refractivity contribution in [3.8, 4) is 0 Å². The van der Waals surface area contributed by atoms with Gasteiger partial charge in [0.05, 0.1) is 53.8 Å². The summed E-state index contributed by atoms with van der Waals surface area (Å²) in [5, 5.41) is 19.5. The largest absolute Gasteiger partial charge is 0.374 e. The van der Waals surface area contributed by atoms with E-state index < -0.39 is 23.9 Å². The first-order valence-corrected chi connectivity index (χ1v) is 22.1. The number of aryl methyl sites for hydroxylation is 1. The number of hydrogen-bond donors (Lipinski definition) is 2. The van der Waals surface area contributed by atoms with E-state index in [0.29, 0.717) is 36.9 Å². The first-order valence-electron chi connectivity index (χ1n) is 22.1. The molecule has 4 aromatic heterocycles. The molecule has 0 radical (unpaired) electrons. The first kappa shape index (κ1) is 40.7. The van der Waals surface area contributed by atoms with Crippen LogP contribution < -0.4 is 15.5 Å². The number of morpholine rings is 1. The fourth-order valence-electron chi connectivity index (χ4n) is 10.8. The number of halogens is 2. The number of anilines is 2. The first-order chi connectivity index (χ1) is 30.0. The van der Waals surface area contributed by atoms with Crippen molar-refractivity contribution < 1.29 is 27.9 Å². The Hall–Kier alpha value is -5.33. The van der Waals surface area contributed by atoms with E-state index in [9.17, 15) is 23.2 Å². The molecule has 2 N–H and O–H groups in total. The van der Waals surface area contributed by atoms with Crippen LogP contribution in [0.15, 0.2) is 42.9 Å². The van der Waals surface area contributed by atoms with E-state index in [2.05, 4.69) is 48.6 Å². The van der Waals surface area contributed by atoms with Gasteiger partial charge in [0.1, 0.15) is 11.4 Å². The zero-order valence-electron chi connectivity index (χ0n) is 35.3. The molecular weight excluding hydrogens is 799 g/mol. The third kappa shape index (κ3) is 7.96. The summed E-state index contributed by atoms with van der Waals surface area (Å²) in [6.07, 6.45) is 9.69. The predicted molar refractivity (Wildman–Crippen MR) is 226 cm³/mol. The maximum absolute atomic E-state index is 14.3. The average Bonchev–Trinajstić information content (AvgIpc) is 4.11. The van der Waals surface area contributed by atoms with Crippen molar-refractivity contribution in [2.45, 2.75) is 94.9 Å². The second-order valence-corrected chi connectivity index (χ2v) is 18.2. The van der Waals surface area contributed by atoms with Gasteiger partial charge < -0.3 is 19.9 Å². The lowest BCUT2D eigenvalue weighted by atomic mass is 9.85. The molecule has 1 unspecified atom stereocenters. The molecule has 8 heterocycles. The normalized spacial score (nSPS) is 24.9. The van der Waals surface area contributed by atoms with Crippen LogP contribution in [-0.2, 0) is 27.9 Å². The molecule has 5 aromatic rings. The minimum Gasteiger partial charge on any atom is -0.374 e. The predicted octanol–water partition coefficient (Wildman–Crippen LogP) is 5.08. The average molecular weight is 853 g/mol. The molecule has 4 saturated heterocycles. The lowest BCUT2D eigenvalue weighted by molar-refractivity contribution is -0.134. The quantitative estimate of drug-likeness (QED) is 0.161. The number of para-hydroxylation sites is 1. The fraction of sp³-hybridized carbons (Fsp3) is 0.568. The lowest BCUT2D eigenvalue weighted by Gasteiger charge is -2.36. The maximum Gasteiger partial charge on any atom is 0.284 e. The summed E-state index contributed by atoms with van der Waals surface area (Å²) in [6.45, 7) is 6.27. The van der Waals surface area contributed by atoms with Crippen LogP contribution in [-0.4, -0.2) is 120 Å². The van der Waals surface area contributed by atoms with E-state index in [-0.39, 0.29) is 41.3 Å². The Kier molecular flexibility index (Phi) is 11.0. The summed E-state index contributed by atoms with van der Waals surface area (Å²) in [5.74, 6) is 0.400. The number of benzene rings is 1. The monoisotopic (exact) mass is 852 g/mol. The number of carbonyl (C=O) groups is 3. The number of amides is 3. The smallest absolute Gasteiger partial charge is 0.284 e. The van der Waals surface area contributed by atoms with Crippen molar-refractivity contribution in [3.63, 3.8) is 0 Å². The van der Waals surface area contributed by atoms with Crippen molar-refractivity contribution >= 4 is 45.8 Å². The Morgan fingerprint density at radius 2 is 1.81 bits per heavy atom. The lowest BCUT2D eigenvalue weighted by Crippen LogP contribution is -2.39. The van der Waals surface area contributed by atoms with Gasteiger partial charge in [0.2, 0.25) is 11.8 Å². The van der Waals surface area contributed by atoms with Gasteiger partial charge in [0, 0.05) is 57.4 Å². The molecule has 2 bridgehead atoms. The van der Waals surface area contributed by atoms with Crippen LogP contribution in [0.4, 0.5) is 20.3 Å². The van der Waals surface area contributed by atoms with E-state index in [1.807, 2.05) is 29.9 Å². The number of imide groups is 1. The second-order valence-electron chi connectivity index (χ2n) is 18.2. The van der Waals surface area contributed by atoms with Crippen LogP contribution >= 0.6 is 0 Å². The molecular formula is C44H54F2N12O4. The minimum atomic E-state index is -2.85. The molecule has 1 aromatic carbocycles. The van der Waals surface area contributed by atoms with Gasteiger partial charge in [0.15, 0.2) is 11.3 Å². The van der Waals surface area contributed by atoms with Crippen LogP contribution in [0.25, 0.3) is 16.6 Å². The second kappa shape index (κ2) is 16.7. The summed E-state index contributed by atoms with van der Waals surface area (Å²) in [4.78, 5) is 49.9. The van der Waals surface area contributed by atoms with Crippen LogP contribution in [0.5, 0.6) is 0 Å². The number of alkyl halides is 2. The van der Waals surface area contributed by atoms with Gasteiger partial charge in [-0.1, -0.05) is 18.2 Å². The number of hydrogen-bond acceptors (Lipinski definition) is 11. The van der Waals surface area contributed by atoms with Gasteiger partial charge in [-0.3, -0.25) is 34.0 Å². The third-order valence-corrected chi connectivity index (χ3v) is 14.0. The van der Waals surface area contributed by atoms with Gasteiger partial charge >= 0.3 is 0 Å². The molecule has 1 aliphatic carbocycles. The maximum atomic E-state index is 14.3. The van der Waals surface area contributed by atoms with Crippen LogP contribution in [0.1, 0.15) is 103 Å². The van der Waals surface area contributed by atoms with Crippen LogP contribution in [0.3, 0.4) is 0 Å². The number of likely N-dealkylation sites (tertiary alicyclic amines) is 1. The van der Waals surface area contributed by atoms with Gasteiger partial charge in [0.25, 0.3) is 12.3 Å². The minimum absolute atomic E-state index is 0.00959. The summed E-state index contributed by atoms with van der Waals surface area (Å²) >= 11 is 0. The molecule has 18 heteroatoms. The summed E-state index contributed by atoms with van der Waals surface area (Å²) in [5.41, 5.74) is 3.13. The number of rotatable bonds is 12. The Morgan fingerprint density at radius 1 is 1.02 bits per heavy atom. The van der Waals surface area contributed by atoms with Gasteiger partial charge in [-0.05, 0) is 95.0 Å². The topological polar surface area (TPSA) is 160 Å².